The van der Waals surface area contributed by atoms with Gasteiger partial charge in [0, 0.05) is 0 Å². The molecule has 39 heavy (non-hydrogen) atoms. The van der Waals surface area contributed by atoms with Crippen LogP contribution in [0.3, 0.4) is 0 Å². The van der Waals surface area contributed by atoms with E-state index in [-0.39, 0.29) is 23.6 Å². The summed E-state index contributed by atoms with van der Waals surface area (Å²) in [6, 6.07) is 21.9. The Morgan fingerprint density at radius 3 is 2.49 bits per heavy atom. The van der Waals surface area contributed by atoms with Crippen molar-refractivity contribution in [3.63, 3.8) is 0 Å². The summed E-state index contributed by atoms with van der Waals surface area (Å²) >= 11 is 0. The lowest BCUT2D eigenvalue weighted by molar-refractivity contribution is 0.0701. The summed E-state index contributed by atoms with van der Waals surface area (Å²) in [6.45, 7) is 4.36. The lowest BCUT2D eigenvalue weighted by Gasteiger charge is -2.25. The monoisotopic (exact) mass is 521 g/mol. The van der Waals surface area contributed by atoms with E-state index in [0.29, 0.717) is 46.0 Å². The number of furan rings is 1. The second-order valence-corrected chi connectivity index (χ2v) is 9.73. The Bertz CT molecular complexity index is 1740. The Morgan fingerprint density at radius 2 is 1.74 bits per heavy atom. The Kier molecular flexibility index (Phi) is 6.19. The zero-order chi connectivity index (χ0) is 27.1. The first-order valence-corrected chi connectivity index (χ1v) is 12.7. The molecular formula is C32H27NO6. The minimum atomic E-state index is -0.698. The van der Waals surface area contributed by atoms with Gasteiger partial charge in [-0.05, 0) is 66.4 Å². The molecule has 1 aliphatic rings. The predicted molar refractivity (Wildman–Crippen MR) is 146 cm³/mol. The first-order chi connectivity index (χ1) is 18.9. The van der Waals surface area contributed by atoms with Crippen molar-refractivity contribution in [2.45, 2.75) is 33.0 Å². The quantitative estimate of drug-likeness (QED) is 0.249. The number of aryl methyl sites for hydroxylation is 2. The minimum absolute atomic E-state index is 0.0532. The fourth-order valence-corrected chi connectivity index (χ4v) is 5.30. The Morgan fingerprint density at radius 1 is 0.923 bits per heavy atom. The van der Waals surface area contributed by atoms with Gasteiger partial charge in [-0.15, -0.1) is 0 Å². The van der Waals surface area contributed by atoms with Gasteiger partial charge in [0.2, 0.25) is 5.76 Å². The predicted octanol–water partition coefficient (Wildman–Crippen LogP) is 6.34. The molecule has 1 unspecified atom stereocenters. The number of ether oxygens (including phenoxy) is 2. The molecule has 0 saturated heterocycles. The molecule has 0 saturated carbocycles. The highest BCUT2D eigenvalue weighted by Crippen LogP contribution is 2.42. The Hall–Kier alpha value is -4.78. The van der Waals surface area contributed by atoms with E-state index in [1.807, 2.05) is 68.4 Å². The van der Waals surface area contributed by atoms with E-state index >= 15 is 0 Å². The number of benzene rings is 3. The number of carbonyl (C=O) groups excluding carboxylic acids is 1. The van der Waals surface area contributed by atoms with Crippen LogP contribution in [0.2, 0.25) is 0 Å². The third kappa shape index (κ3) is 4.36. The van der Waals surface area contributed by atoms with Crippen LogP contribution >= 0.6 is 0 Å². The van der Waals surface area contributed by atoms with Crippen LogP contribution in [0.15, 0.2) is 92.7 Å². The Labute approximate surface area is 225 Å². The zero-order valence-corrected chi connectivity index (χ0v) is 21.9. The van der Waals surface area contributed by atoms with Crippen molar-refractivity contribution in [2.75, 3.05) is 7.11 Å². The molecule has 6 rings (SSSR count). The molecule has 1 atom stereocenters. The number of fused-ring (bicyclic) bond motifs is 2. The molecule has 0 radical (unpaired) electrons. The van der Waals surface area contributed by atoms with Crippen LogP contribution in [-0.4, -0.2) is 17.9 Å². The van der Waals surface area contributed by atoms with E-state index in [9.17, 15) is 9.59 Å². The van der Waals surface area contributed by atoms with Crippen LogP contribution in [0.5, 0.6) is 11.5 Å². The fraction of sp³-hybridized carbons (Fsp3) is 0.188. The fourth-order valence-electron chi connectivity index (χ4n) is 5.30. The van der Waals surface area contributed by atoms with E-state index in [0.717, 1.165) is 16.7 Å². The van der Waals surface area contributed by atoms with Gasteiger partial charge in [0.25, 0.3) is 5.91 Å². The second kappa shape index (κ2) is 9.83. The molecule has 196 valence electrons. The first kappa shape index (κ1) is 24.6. The summed E-state index contributed by atoms with van der Waals surface area (Å²) in [6.07, 6.45) is 1.56. The van der Waals surface area contributed by atoms with Crippen molar-refractivity contribution in [1.82, 2.24) is 4.90 Å². The number of carbonyl (C=O) groups is 1. The first-order valence-electron chi connectivity index (χ1n) is 12.7. The molecule has 1 amide bonds. The van der Waals surface area contributed by atoms with Gasteiger partial charge < -0.3 is 23.2 Å². The van der Waals surface area contributed by atoms with Crippen molar-refractivity contribution < 1.29 is 23.1 Å². The van der Waals surface area contributed by atoms with E-state index < -0.39 is 6.04 Å². The van der Waals surface area contributed by atoms with Gasteiger partial charge >= 0.3 is 0 Å². The van der Waals surface area contributed by atoms with Crippen LogP contribution in [0, 0.1) is 13.8 Å². The molecule has 0 N–H and O–H groups in total. The van der Waals surface area contributed by atoms with E-state index in [4.69, 9.17) is 18.3 Å². The van der Waals surface area contributed by atoms with Crippen molar-refractivity contribution >= 4 is 16.9 Å². The van der Waals surface area contributed by atoms with Gasteiger partial charge in [-0.1, -0.05) is 42.5 Å². The van der Waals surface area contributed by atoms with Crippen LogP contribution in [0.1, 0.15) is 50.2 Å². The molecule has 1 aliphatic heterocycles. The van der Waals surface area contributed by atoms with Gasteiger partial charge in [-0.25, -0.2) is 0 Å². The molecule has 0 bridgehead atoms. The number of rotatable bonds is 7. The van der Waals surface area contributed by atoms with Gasteiger partial charge in [-0.3, -0.25) is 9.59 Å². The maximum absolute atomic E-state index is 14.0. The van der Waals surface area contributed by atoms with Gasteiger partial charge in [0.05, 0.1) is 36.9 Å². The standard InChI is InChI=1S/C32H27NO6/c1-19-14-20(2)27-26(15-19)39-31-28(30(27)34)29(33(32(31)35)17-23-10-7-13-37-23)22-11-12-24(25(16-22)36-3)38-18-21-8-5-4-6-9-21/h4-16,29H,17-18H2,1-3H3. The summed E-state index contributed by atoms with van der Waals surface area (Å²) in [4.78, 5) is 29.3. The third-order valence-electron chi connectivity index (χ3n) is 7.06. The van der Waals surface area contributed by atoms with Crippen molar-refractivity contribution in [2.24, 2.45) is 0 Å². The molecule has 0 spiro atoms. The molecule has 3 aromatic carbocycles. The summed E-state index contributed by atoms with van der Waals surface area (Å²) in [7, 11) is 1.57. The average Bonchev–Trinajstić information content (AvgIpc) is 3.54. The number of methoxy groups -OCH3 is 1. The second-order valence-electron chi connectivity index (χ2n) is 9.73. The maximum Gasteiger partial charge on any atom is 0.291 e. The van der Waals surface area contributed by atoms with Crippen LogP contribution in [0.25, 0.3) is 11.0 Å². The molecular weight excluding hydrogens is 494 g/mol. The molecule has 3 heterocycles. The topological polar surface area (TPSA) is 82.1 Å². The number of nitrogens with zero attached hydrogens (tertiary/aromatic N) is 1. The smallest absolute Gasteiger partial charge is 0.291 e. The summed E-state index contributed by atoms with van der Waals surface area (Å²) < 4.78 is 23.4. The number of hydrogen-bond acceptors (Lipinski definition) is 6. The maximum atomic E-state index is 14.0. The van der Waals surface area contributed by atoms with Crippen molar-refractivity contribution in [3.8, 4) is 11.5 Å². The van der Waals surface area contributed by atoms with Crippen LogP contribution in [0.4, 0.5) is 0 Å². The number of amides is 1. The van der Waals surface area contributed by atoms with Gasteiger partial charge in [0.15, 0.2) is 16.9 Å². The molecule has 7 heteroatoms. The molecule has 7 nitrogen and oxygen atoms in total. The lowest BCUT2D eigenvalue weighted by atomic mass is 9.96. The van der Waals surface area contributed by atoms with Crippen molar-refractivity contribution in [3.05, 3.63) is 129 Å². The highest BCUT2D eigenvalue weighted by Gasteiger charge is 2.43. The molecule has 0 fully saturated rings. The molecule has 5 aromatic rings. The highest BCUT2D eigenvalue weighted by molar-refractivity contribution is 5.99. The third-order valence-corrected chi connectivity index (χ3v) is 7.06. The summed E-state index contributed by atoms with van der Waals surface area (Å²) in [5, 5.41) is 0.478. The van der Waals surface area contributed by atoms with Crippen LogP contribution < -0.4 is 14.9 Å². The van der Waals surface area contributed by atoms with Gasteiger partial charge in [-0.2, -0.15) is 0 Å². The molecule has 2 aromatic heterocycles. The van der Waals surface area contributed by atoms with E-state index in [1.165, 1.54) is 0 Å². The SMILES string of the molecule is COc1cc(C2c3c(oc4cc(C)cc(C)c4c3=O)C(=O)N2Cc2ccco2)ccc1OCc1ccccc1. The minimum Gasteiger partial charge on any atom is -0.493 e. The van der Waals surface area contributed by atoms with E-state index in [1.54, 1.807) is 36.5 Å². The molecule has 0 aliphatic carbocycles. The number of hydrogen-bond donors (Lipinski definition) is 0. The van der Waals surface area contributed by atoms with E-state index in [2.05, 4.69) is 0 Å². The van der Waals surface area contributed by atoms with Crippen LogP contribution in [-0.2, 0) is 13.2 Å². The Balaban J connectivity index is 1.47. The largest absolute Gasteiger partial charge is 0.493 e. The van der Waals surface area contributed by atoms with Gasteiger partial charge in [0.1, 0.15) is 18.0 Å². The lowest BCUT2D eigenvalue weighted by Crippen LogP contribution is -2.29. The zero-order valence-electron chi connectivity index (χ0n) is 21.9. The summed E-state index contributed by atoms with van der Waals surface area (Å²) in [5.41, 5.74) is 3.99. The average molecular weight is 522 g/mol. The summed E-state index contributed by atoms with van der Waals surface area (Å²) in [5.74, 6) is 1.34. The van der Waals surface area contributed by atoms with Crippen molar-refractivity contribution in [1.29, 1.82) is 0 Å². The normalized spacial score (nSPS) is 14.6. The highest BCUT2D eigenvalue weighted by atomic mass is 16.5.